The standard InChI is InChI=1S/C20H29N3O3/c1-26-20(25)18-7-5-6-17(14-18)15-21-10-12-22(13-11-21)16-19(24)23-8-3-2-4-9-23/h5-7,14H,2-4,8-13,15-16H2,1H3. The smallest absolute Gasteiger partial charge is 0.337 e. The number of methoxy groups -OCH3 is 1. The minimum Gasteiger partial charge on any atom is -0.465 e. The van der Waals surface area contributed by atoms with Crippen molar-refractivity contribution in [2.45, 2.75) is 25.8 Å². The van der Waals surface area contributed by atoms with Crippen molar-refractivity contribution in [2.75, 3.05) is 52.9 Å². The molecule has 6 heteroatoms. The molecule has 2 aliphatic rings. The van der Waals surface area contributed by atoms with Crippen molar-refractivity contribution in [2.24, 2.45) is 0 Å². The van der Waals surface area contributed by atoms with Gasteiger partial charge < -0.3 is 9.64 Å². The number of carbonyl (C=O) groups excluding carboxylic acids is 2. The Morgan fingerprint density at radius 3 is 2.35 bits per heavy atom. The molecule has 0 atom stereocenters. The van der Waals surface area contributed by atoms with Crippen molar-refractivity contribution in [1.29, 1.82) is 0 Å². The highest BCUT2D eigenvalue weighted by Gasteiger charge is 2.22. The third-order valence-corrected chi connectivity index (χ3v) is 5.29. The molecule has 26 heavy (non-hydrogen) atoms. The number of hydrogen-bond acceptors (Lipinski definition) is 5. The molecule has 0 aliphatic carbocycles. The molecule has 0 radical (unpaired) electrons. The third kappa shape index (κ3) is 5.05. The molecule has 0 N–H and O–H groups in total. The van der Waals surface area contributed by atoms with E-state index >= 15 is 0 Å². The minimum atomic E-state index is -0.298. The highest BCUT2D eigenvalue weighted by atomic mass is 16.5. The van der Waals surface area contributed by atoms with Crippen LogP contribution in [0.5, 0.6) is 0 Å². The maximum atomic E-state index is 12.4. The van der Waals surface area contributed by atoms with Gasteiger partial charge in [-0.3, -0.25) is 14.6 Å². The molecule has 0 bridgehead atoms. The molecule has 2 fully saturated rings. The summed E-state index contributed by atoms with van der Waals surface area (Å²) in [5.74, 6) is -0.0168. The topological polar surface area (TPSA) is 53.1 Å². The van der Waals surface area contributed by atoms with E-state index in [-0.39, 0.29) is 11.9 Å². The molecule has 0 aromatic heterocycles. The number of piperidine rings is 1. The van der Waals surface area contributed by atoms with Crippen molar-refractivity contribution >= 4 is 11.9 Å². The number of rotatable bonds is 5. The lowest BCUT2D eigenvalue weighted by Crippen LogP contribution is -2.50. The second-order valence-corrected chi connectivity index (χ2v) is 7.19. The van der Waals surface area contributed by atoms with E-state index in [4.69, 9.17) is 4.74 Å². The van der Waals surface area contributed by atoms with E-state index in [1.807, 2.05) is 23.1 Å². The van der Waals surface area contributed by atoms with Crippen LogP contribution in [0.3, 0.4) is 0 Å². The molecule has 0 saturated carbocycles. The van der Waals surface area contributed by atoms with Crippen LogP contribution in [-0.2, 0) is 16.1 Å². The first-order chi connectivity index (χ1) is 12.7. The second kappa shape index (κ2) is 9.14. The van der Waals surface area contributed by atoms with Gasteiger partial charge >= 0.3 is 5.97 Å². The Kier molecular flexibility index (Phi) is 6.63. The Labute approximate surface area is 155 Å². The number of carbonyl (C=O) groups is 2. The summed E-state index contributed by atoms with van der Waals surface area (Å²) in [5, 5.41) is 0. The largest absolute Gasteiger partial charge is 0.465 e. The van der Waals surface area contributed by atoms with Crippen molar-refractivity contribution in [1.82, 2.24) is 14.7 Å². The molecule has 2 aliphatic heterocycles. The lowest BCUT2D eigenvalue weighted by atomic mass is 10.1. The summed E-state index contributed by atoms with van der Waals surface area (Å²) in [7, 11) is 1.40. The highest BCUT2D eigenvalue weighted by Crippen LogP contribution is 2.13. The average Bonchev–Trinajstić information content (AvgIpc) is 2.69. The van der Waals surface area contributed by atoms with E-state index in [1.54, 1.807) is 6.07 Å². The van der Waals surface area contributed by atoms with Crippen molar-refractivity contribution in [3.05, 3.63) is 35.4 Å². The third-order valence-electron chi connectivity index (χ3n) is 5.29. The first-order valence-corrected chi connectivity index (χ1v) is 9.55. The van der Waals surface area contributed by atoms with Gasteiger partial charge in [0.2, 0.25) is 5.91 Å². The first-order valence-electron chi connectivity index (χ1n) is 9.55. The maximum absolute atomic E-state index is 12.4. The normalized spacial score (nSPS) is 19.3. The van der Waals surface area contributed by atoms with Crippen LogP contribution in [0.1, 0.15) is 35.2 Å². The van der Waals surface area contributed by atoms with E-state index in [0.29, 0.717) is 12.1 Å². The summed E-state index contributed by atoms with van der Waals surface area (Å²) in [6.07, 6.45) is 3.54. The second-order valence-electron chi connectivity index (χ2n) is 7.19. The number of ether oxygens (including phenoxy) is 1. The van der Waals surface area contributed by atoms with Gasteiger partial charge in [0.1, 0.15) is 0 Å². The van der Waals surface area contributed by atoms with Gasteiger partial charge in [-0.2, -0.15) is 0 Å². The summed E-state index contributed by atoms with van der Waals surface area (Å²) < 4.78 is 4.79. The summed E-state index contributed by atoms with van der Waals surface area (Å²) in [5.41, 5.74) is 1.71. The Bertz CT molecular complexity index is 620. The molecule has 3 rings (SSSR count). The monoisotopic (exact) mass is 359 g/mol. The minimum absolute atomic E-state index is 0.281. The van der Waals surface area contributed by atoms with Gasteiger partial charge in [0.25, 0.3) is 0 Å². The quantitative estimate of drug-likeness (QED) is 0.748. The van der Waals surface area contributed by atoms with Crippen LogP contribution in [0.2, 0.25) is 0 Å². The summed E-state index contributed by atoms with van der Waals surface area (Å²) in [4.78, 5) is 30.7. The fourth-order valence-corrected chi connectivity index (χ4v) is 3.71. The summed E-state index contributed by atoms with van der Waals surface area (Å²) in [6, 6.07) is 7.62. The molecule has 1 aromatic carbocycles. The zero-order chi connectivity index (χ0) is 18.4. The lowest BCUT2D eigenvalue weighted by Gasteiger charge is -2.36. The molecule has 6 nitrogen and oxygen atoms in total. The van der Waals surface area contributed by atoms with Gasteiger partial charge in [-0.05, 0) is 37.0 Å². The molecular formula is C20H29N3O3. The zero-order valence-corrected chi connectivity index (χ0v) is 15.7. The van der Waals surface area contributed by atoms with E-state index in [0.717, 1.165) is 64.2 Å². The van der Waals surface area contributed by atoms with Crippen LogP contribution in [0.4, 0.5) is 0 Å². The van der Waals surface area contributed by atoms with E-state index in [1.165, 1.54) is 13.5 Å². The number of esters is 1. The van der Waals surface area contributed by atoms with Crippen LogP contribution in [0.15, 0.2) is 24.3 Å². The van der Waals surface area contributed by atoms with Crippen molar-refractivity contribution < 1.29 is 14.3 Å². The Morgan fingerprint density at radius 2 is 1.65 bits per heavy atom. The predicted molar refractivity (Wildman–Crippen MR) is 99.9 cm³/mol. The number of hydrogen-bond donors (Lipinski definition) is 0. The molecule has 142 valence electrons. The number of amides is 1. The van der Waals surface area contributed by atoms with E-state index in [9.17, 15) is 9.59 Å². The Morgan fingerprint density at radius 1 is 0.962 bits per heavy atom. The number of piperazine rings is 1. The van der Waals surface area contributed by atoms with Gasteiger partial charge in [0, 0.05) is 45.8 Å². The van der Waals surface area contributed by atoms with Crippen LogP contribution >= 0.6 is 0 Å². The SMILES string of the molecule is COC(=O)c1cccc(CN2CCN(CC(=O)N3CCCCC3)CC2)c1. The van der Waals surface area contributed by atoms with Gasteiger partial charge in [0.15, 0.2) is 0 Å². The van der Waals surface area contributed by atoms with Gasteiger partial charge in [-0.25, -0.2) is 4.79 Å². The van der Waals surface area contributed by atoms with E-state index < -0.39 is 0 Å². The Balaban J connectivity index is 1.45. The molecule has 1 amide bonds. The lowest BCUT2D eigenvalue weighted by molar-refractivity contribution is -0.133. The highest BCUT2D eigenvalue weighted by molar-refractivity contribution is 5.89. The van der Waals surface area contributed by atoms with Crippen LogP contribution < -0.4 is 0 Å². The molecule has 2 heterocycles. The Hall–Kier alpha value is -1.92. The molecule has 2 saturated heterocycles. The van der Waals surface area contributed by atoms with Crippen LogP contribution in [0, 0.1) is 0 Å². The molecule has 1 aromatic rings. The van der Waals surface area contributed by atoms with Crippen LogP contribution in [0.25, 0.3) is 0 Å². The average molecular weight is 359 g/mol. The predicted octanol–water partition coefficient (Wildman–Crippen LogP) is 1.60. The van der Waals surface area contributed by atoms with Gasteiger partial charge in [0.05, 0.1) is 19.2 Å². The zero-order valence-electron chi connectivity index (χ0n) is 15.7. The fraction of sp³-hybridized carbons (Fsp3) is 0.600. The van der Waals surface area contributed by atoms with Gasteiger partial charge in [-0.1, -0.05) is 12.1 Å². The van der Waals surface area contributed by atoms with Gasteiger partial charge in [-0.15, -0.1) is 0 Å². The number of nitrogens with zero attached hydrogens (tertiary/aromatic N) is 3. The summed E-state index contributed by atoms with van der Waals surface area (Å²) in [6.45, 7) is 6.92. The van der Waals surface area contributed by atoms with E-state index in [2.05, 4.69) is 9.80 Å². The van der Waals surface area contributed by atoms with Crippen molar-refractivity contribution in [3.63, 3.8) is 0 Å². The van der Waals surface area contributed by atoms with Crippen molar-refractivity contribution in [3.8, 4) is 0 Å². The molecular weight excluding hydrogens is 330 g/mol. The molecule has 0 unspecified atom stereocenters. The maximum Gasteiger partial charge on any atom is 0.337 e. The summed E-state index contributed by atoms with van der Waals surface area (Å²) >= 11 is 0. The fourth-order valence-electron chi connectivity index (χ4n) is 3.71. The molecule has 0 spiro atoms. The number of benzene rings is 1. The number of likely N-dealkylation sites (tertiary alicyclic amines) is 1. The first kappa shape index (κ1) is 18.9. The van der Waals surface area contributed by atoms with Crippen LogP contribution in [-0.4, -0.2) is 79.5 Å².